The molecule has 0 radical (unpaired) electrons. The van der Waals surface area contributed by atoms with E-state index in [2.05, 4.69) is 14.9 Å². The van der Waals surface area contributed by atoms with Crippen molar-refractivity contribution in [3.8, 4) is 0 Å². The lowest BCUT2D eigenvalue weighted by atomic mass is 10.1. The minimum absolute atomic E-state index is 0.0622. The van der Waals surface area contributed by atoms with E-state index in [1.54, 1.807) is 0 Å². The summed E-state index contributed by atoms with van der Waals surface area (Å²) in [7, 11) is 1.51. The minimum atomic E-state index is -3.74. The predicted octanol–water partition coefficient (Wildman–Crippen LogP) is 2.24. The fraction of sp³-hybridized carbons (Fsp3) is 0.278. The highest BCUT2D eigenvalue weighted by molar-refractivity contribution is 7.89. The first-order valence-electron chi connectivity index (χ1n) is 7.97. The number of sulfonamides is 1. The Balaban J connectivity index is 2.18. The summed E-state index contributed by atoms with van der Waals surface area (Å²) < 4.78 is 26.2. The van der Waals surface area contributed by atoms with Crippen molar-refractivity contribution < 1.29 is 13.2 Å². The van der Waals surface area contributed by atoms with Crippen LogP contribution < -0.4 is 10.0 Å². The van der Waals surface area contributed by atoms with Crippen molar-refractivity contribution in [2.24, 2.45) is 0 Å². The summed E-state index contributed by atoms with van der Waals surface area (Å²) in [5, 5.41) is 2.89. The van der Waals surface area contributed by atoms with Crippen molar-refractivity contribution in [1.29, 1.82) is 0 Å². The third-order valence-corrected chi connectivity index (χ3v) is 5.69. The van der Waals surface area contributed by atoms with E-state index in [-0.39, 0.29) is 21.4 Å². The second-order valence-corrected chi connectivity index (χ2v) is 8.30. The first-order valence-corrected chi connectivity index (χ1v) is 9.83. The van der Waals surface area contributed by atoms with Crippen LogP contribution in [0.3, 0.4) is 0 Å². The molecular weight excluding hydrogens is 374 g/mol. The van der Waals surface area contributed by atoms with Crippen LogP contribution in [0.25, 0.3) is 0 Å². The summed E-state index contributed by atoms with van der Waals surface area (Å²) in [6.45, 7) is 1.11. The molecule has 1 amide bonds. The molecule has 0 aliphatic carbocycles. The van der Waals surface area contributed by atoms with Gasteiger partial charge >= 0.3 is 0 Å². The Morgan fingerprint density at radius 3 is 2.38 bits per heavy atom. The molecule has 2 aromatic rings. The van der Waals surface area contributed by atoms with Crippen molar-refractivity contribution in [2.75, 3.05) is 21.1 Å². The Labute approximate surface area is 159 Å². The topological polar surface area (TPSA) is 78.5 Å². The Morgan fingerprint density at radius 2 is 1.77 bits per heavy atom. The van der Waals surface area contributed by atoms with Gasteiger partial charge in [0.1, 0.15) is 4.90 Å². The Bertz CT molecular complexity index is 898. The van der Waals surface area contributed by atoms with Gasteiger partial charge in [0.05, 0.1) is 5.02 Å². The first-order chi connectivity index (χ1) is 12.2. The quantitative estimate of drug-likeness (QED) is 0.753. The fourth-order valence-electron chi connectivity index (χ4n) is 2.46. The largest absolute Gasteiger partial charge is 0.348 e. The number of hydrogen-bond acceptors (Lipinski definition) is 4. The predicted molar refractivity (Wildman–Crippen MR) is 103 cm³/mol. The van der Waals surface area contributed by atoms with Crippen LogP contribution in [0.4, 0.5) is 0 Å². The molecule has 0 fully saturated rings. The maximum atomic E-state index is 12.5. The van der Waals surface area contributed by atoms with Gasteiger partial charge in [0.2, 0.25) is 10.0 Å². The molecule has 2 N–H and O–H groups in total. The van der Waals surface area contributed by atoms with E-state index in [1.165, 1.54) is 25.2 Å². The van der Waals surface area contributed by atoms with Crippen LogP contribution in [-0.2, 0) is 23.1 Å². The van der Waals surface area contributed by atoms with Crippen LogP contribution >= 0.6 is 11.6 Å². The van der Waals surface area contributed by atoms with Gasteiger partial charge in [-0.3, -0.25) is 4.79 Å². The summed E-state index contributed by atoms with van der Waals surface area (Å²) in [5.41, 5.74) is 2.35. The molecule has 140 valence electrons. The molecule has 26 heavy (non-hydrogen) atoms. The number of benzene rings is 2. The molecule has 6 nitrogen and oxygen atoms in total. The summed E-state index contributed by atoms with van der Waals surface area (Å²) >= 11 is 5.95. The van der Waals surface area contributed by atoms with Gasteiger partial charge in [-0.25, -0.2) is 13.1 Å². The molecule has 0 saturated carbocycles. The van der Waals surface area contributed by atoms with E-state index in [4.69, 9.17) is 11.6 Å². The molecule has 0 heterocycles. The van der Waals surface area contributed by atoms with Crippen LogP contribution in [0, 0.1) is 0 Å². The highest BCUT2D eigenvalue weighted by atomic mass is 35.5. The number of rotatable bonds is 7. The molecular formula is C18H22ClN3O3S. The number of hydrogen-bond donors (Lipinski definition) is 2. The minimum Gasteiger partial charge on any atom is -0.348 e. The summed E-state index contributed by atoms with van der Waals surface area (Å²) in [6.07, 6.45) is 0. The van der Waals surface area contributed by atoms with E-state index in [0.717, 1.165) is 17.7 Å². The molecule has 0 atom stereocenters. The van der Waals surface area contributed by atoms with Gasteiger partial charge in [-0.05, 0) is 50.5 Å². The molecule has 0 bridgehead atoms. The van der Waals surface area contributed by atoms with Crippen molar-refractivity contribution in [1.82, 2.24) is 14.9 Å². The summed E-state index contributed by atoms with van der Waals surface area (Å²) in [5.74, 6) is -0.367. The van der Waals surface area contributed by atoms with Gasteiger partial charge in [0.25, 0.3) is 5.91 Å². The van der Waals surface area contributed by atoms with Crippen LogP contribution in [0.1, 0.15) is 21.5 Å². The number of nitrogens with zero attached hydrogens (tertiary/aromatic N) is 1. The lowest BCUT2D eigenvalue weighted by Crippen LogP contribution is -2.25. The maximum Gasteiger partial charge on any atom is 0.251 e. The number of carbonyl (C=O) groups is 1. The van der Waals surface area contributed by atoms with Crippen molar-refractivity contribution >= 4 is 27.5 Å². The molecule has 0 unspecified atom stereocenters. The highest BCUT2D eigenvalue weighted by Crippen LogP contribution is 2.22. The van der Waals surface area contributed by atoms with E-state index in [0.29, 0.717) is 6.54 Å². The second-order valence-electron chi connectivity index (χ2n) is 6.04. The van der Waals surface area contributed by atoms with E-state index >= 15 is 0 Å². The summed E-state index contributed by atoms with van der Waals surface area (Å²) in [4.78, 5) is 14.4. The zero-order valence-electron chi connectivity index (χ0n) is 14.9. The van der Waals surface area contributed by atoms with Gasteiger partial charge < -0.3 is 10.2 Å². The standard InChI is InChI=1S/C18H22ClN3O3S/c1-20-26(24,25)17-10-13(8-9-16(17)19)18(23)21-11-14-6-4-5-7-15(14)12-22(2)3/h4-10,20H,11-12H2,1-3H3,(H,21,23). The number of nitrogens with one attached hydrogen (secondary N) is 2. The third-order valence-electron chi connectivity index (χ3n) is 3.80. The van der Waals surface area contributed by atoms with Crippen LogP contribution in [0.15, 0.2) is 47.4 Å². The number of halogens is 1. The van der Waals surface area contributed by atoms with E-state index in [1.807, 2.05) is 38.4 Å². The Hall–Kier alpha value is -1.93. The monoisotopic (exact) mass is 395 g/mol. The van der Waals surface area contributed by atoms with Crippen molar-refractivity contribution in [3.05, 3.63) is 64.2 Å². The first kappa shape index (κ1) is 20.4. The second kappa shape index (κ2) is 8.64. The molecule has 8 heteroatoms. The zero-order valence-corrected chi connectivity index (χ0v) is 16.5. The van der Waals surface area contributed by atoms with E-state index in [9.17, 15) is 13.2 Å². The lowest BCUT2D eigenvalue weighted by Gasteiger charge is -2.15. The van der Waals surface area contributed by atoms with Crippen LogP contribution in [0.5, 0.6) is 0 Å². The molecule has 0 aromatic heterocycles. The molecule has 0 aliphatic heterocycles. The van der Waals surface area contributed by atoms with Crippen LogP contribution in [0.2, 0.25) is 5.02 Å². The Kier molecular flexibility index (Phi) is 6.77. The molecule has 2 aromatic carbocycles. The summed E-state index contributed by atoms with van der Waals surface area (Å²) in [6, 6.07) is 12.0. The zero-order chi connectivity index (χ0) is 19.3. The van der Waals surface area contributed by atoms with Gasteiger partial charge in [0, 0.05) is 18.7 Å². The third kappa shape index (κ3) is 5.04. The maximum absolute atomic E-state index is 12.5. The average molecular weight is 396 g/mol. The lowest BCUT2D eigenvalue weighted by molar-refractivity contribution is 0.0950. The van der Waals surface area contributed by atoms with Crippen molar-refractivity contribution in [3.63, 3.8) is 0 Å². The van der Waals surface area contributed by atoms with Gasteiger partial charge in [-0.1, -0.05) is 35.9 Å². The fourth-order valence-corrected chi connectivity index (χ4v) is 3.71. The average Bonchev–Trinajstić information content (AvgIpc) is 2.60. The van der Waals surface area contributed by atoms with E-state index < -0.39 is 10.0 Å². The Morgan fingerprint density at radius 1 is 1.12 bits per heavy atom. The SMILES string of the molecule is CNS(=O)(=O)c1cc(C(=O)NCc2ccccc2CN(C)C)ccc1Cl. The molecule has 0 spiro atoms. The molecule has 2 rings (SSSR count). The van der Waals surface area contributed by atoms with Crippen LogP contribution in [-0.4, -0.2) is 40.4 Å². The van der Waals surface area contributed by atoms with Crippen molar-refractivity contribution in [2.45, 2.75) is 18.0 Å². The normalized spacial score (nSPS) is 11.6. The highest BCUT2D eigenvalue weighted by Gasteiger charge is 2.18. The number of carbonyl (C=O) groups excluding carboxylic acids is 1. The molecule has 0 aliphatic rings. The number of amides is 1. The van der Waals surface area contributed by atoms with Gasteiger partial charge in [-0.2, -0.15) is 0 Å². The smallest absolute Gasteiger partial charge is 0.251 e. The van der Waals surface area contributed by atoms with Gasteiger partial charge in [0.15, 0.2) is 0 Å². The molecule has 0 saturated heterocycles. The van der Waals surface area contributed by atoms with Gasteiger partial charge in [-0.15, -0.1) is 0 Å².